The van der Waals surface area contributed by atoms with E-state index < -0.39 is 0 Å². The molecule has 112 valence electrons. The first-order valence-corrected chi connectivity index (χ1v) is 8.15. The zero-order valence-corrected chi connectivity index (χ0v) is 13.6. The Morgan fingerprint density at radius 2 is 1.53 bits per heavy atom. The fourth-order valence-electron chi connectivity index (χ4n) is 3.15. The molecule has 0 amide bonds. The van der Waals surface area contributed by atoms with Crippen LogP contribution in [0.5, 0.6) is 0 Å². The van der Waals surface area contributed by atoms with E-state index in [0.29, 0.717) is 5.92 Å². The van der Waals surface area contributed by atoms with Crippen LogP contribution < -0.4 is 0 Å². The minimum atomic E-state index is -0.357. The molecule has 2 nitrogen and oxygen atoms in total. The highest BCUT2D eigenvalue weighted by atomic mass is 16.6. The summed E-state index contributed by atoms with van der Waals surface area (Å²) in [5.74, 6) is 0.553. The minimum absolute atomic E-state index is 0.00993. The number of esters is 1. The Balaban J connectivity index is 2.84. The molecule has 1 saturated carbocycles. The summed E-state index contributed by atoms with van der Waals surface area (Å²) in [7, 11) is 0. The lowest BCUT2D eigenvalue weighted by molar-refractivity contribution is -0.180. The monoisotopic (exact) mass is 268 g/mol. The van der Waals surface area contributed by atoms with Crippen molar-refractivity contribution in [1.82, 2.24) is 0 Å². The van der Waals surface area contributed by atoms with E-state index in [2.05, 4.69) is 20.8 Å². The van der Waals surface area contributed by atoms with Gasteiger partial charge in [-0.3, -0.25) is 4.79 Å². The molecule has 0 aliphatic heterocycles. The molecule has 0 aromatic rings. The van der Waals surface area contributed by atoms with Crippen molar-refractivity contribution in [3.63, 3.8) is 0 Å². The molecular formula is C17H32O2. The van der Waals surface area contributed by atoms with Crippen LogP contribution in [0.1, 0.15) is 86.0 Å². The fraction of sp³-hybridized carbons (Fsp3) is 0.941. The molecule has 0 aromatic heterocycles. The van der Waals surface area contributed by atoms with Crippen LogP contribution in [-0.2, 0) is 9.53 Å². The fourth-order valence-corrected chi connectivity index (χ4v) is 3.15. The predicted octanol–water partition coefficient (Wildman–Crippen LogP) is 5.10. The van der Waals surface area contributed by atoms with Gasteiger partial charge in [0.25, 0.3) is 0 Å². The van der Waals surface area contributed by atoms with Crippen LogP contribution in [0, 0.1) is 11.3 Å². The molecule has 19 heavy (non-hydrogen) atoms. The molecule has 0 saturated heterocycles. The van der Waals surface area contributed by atoms with E-state index in [1.807, 2.05) is 13.8 Å². The van der Waals surface area contributed by atoms with Gasteiger partial charge in [0.1, 0.15) is 5.60 Å². The highest BCUT2D eigenvalue weighted by molar-refractivity contribution is 5.76. The molecule has 0 aromatic carbocycles. The smallest absolute Gasteiger partial charge is 0.312 e. The number of hydrogen-bond donors (Lipinski definition) is 0. The maximum atomic E-state index is 12.4. The number of carbonyl (C=O) groups excluding carboxylic acids is 1. The summed E-state index contributed by atoms with van der Waals surface area (Å²) in [5.41, 5.74) is -0.575. The van der Waals surface area contributed by atoms with E-state index in [1.165, 1.54) is 32.1 Å². The summed E-state index contributed by atoms with van der Waals surface area (Å²) < 4.78 is 6.09. The molecule has 0 spiro atoms. The van der Waals surface area contributed by atoms with E-state index in [-0.39, 0.29) is 17.0 Å². The largest absolute Gasteiger partial charge is 0.458 e. The lowest BCUT2D eigenvalue weighted by atomic mass is 9.73. The first-order chi connectivity index (χ1) is 8.91. The third kappa shape index (κ3) is 3.73. The molecule has 0 radical (unpaired) electrons. The van der Waals surface area contributed by atoms with Gasteiger partial charge in [0.05, 0.1) is 5.41 Å². The standard InChI is InChI=1S/C17H32O2/c1-6-16(4,5)15(18)19-17(7-2,8-3)14-12-10-9-11-13-14/h14H,6-13H2,1-5H3. The van der Waals surface area contributed by atoms with Crippen molar-refractivity contribution < 1.29 is 9.53 Å². The van der Waals surface area contributed by atoms with Crippen LogP contribution in [0.3, 0.4) is 0 Å². The van der Waals surface area contributed by atoms with Crippen molar-refractivity contribution >= 4 is 5.97 Å². The van der Waals surface area contributed by atoms with Crippen LogP contribution in [0.2, 0.25) is 0 Å². The van der Waals surface area contributed by atoms with Gasteiger partial charge >= 0.3 is 5.97 Å². The molecule has 1 fully saturated rings. The molecule has 1 aliphatic rings. The molecule has 0 heterocycles. The van der Waals surface area contributed by atoms with E-state index >= 15 is 0 Å². The topological polar surface area (TPSA) is 26.3 Å². The zero-order valence-electron chi connectivity index (χ0n) is 13.6. The van der Waals surface area contributed by atoms with Gasteiger partial charge in [0, 0.05) is 0 Å². The van der Waals surface area contributed by atoms with Crippen LogP contribution in [0.25, 0.3) is 0 Å². The Kier molecular flexibility index (Phi) is 5.88. The zero-order chi connectivity index (χ0) is 14.5. The average molecular weight is 268 g/mol. The van der Waals surface area contributed by atoms with Gasteiger partial charge in [-0.15, -0.1) is 0 Å². The maximum absolute atomic E-state index is 12.4. The Bertz CT molecular complexity index is 284. The second kappa shape index (κ2) is 6.76. The summed E-state index contributed by atoms with van der Waals surface area (Å²) in [6.07, 6.45) is 9.10. The molecule has 0 atom stereocenters. The molecule has 0 unspecified atom stereocenters. The first-order valence-electron chi connectivity index (χ1n) is 8.15. The van der Waals surface area contributed by atoms with Crippen molar-refractivity contribution in [1.29, 1.82) is 0 Å². The van der Waals surface area contributed by atoms with Gasteiger partial charge in [-0.05, 0) is 51.9 Å². The van der Waals surface area contributed by atoms with Crippen LogP contribution >= 0.6 is 0 Å². The third-order valence-electron chi connectivity index (χ3n) is 5.28. The average Bonchev–Trinajstić information content (AvgIpc) is 2.45. The van der Waals surface area contributed by atoms with Crippen molar-refractivity contribution in [2.75, 3.05) is 0 Å². The van der Waals surface area contributed by atoms with Gasteiger partial charge < -0.3 is 4.74 Å². The van der Waals surface area contributed by atoms with Gasteiger partial charge in [-0.1, -0.05) is 40.0 Å². The summed E-state index contributed by atoms with van der Waals surface area (Å²) in [6.45, 7) is 10.4. The minimum Gasteiger partial charge on any atom is -0.458 e. The van der Waals surface area contributed by atoms with Gasteiger partial charge in [-0.25, -0.2) is 0 Å². The van der Waals surface area contributed by atoms with Gasteiger partial charge in [-0.2, -0.15) is 0 Å². The molecule has 1 aliphatic carbocycles. The highest BCUT2D eigenvalue weighted by Crippen LogP contribution is 2.41. The Morgan fingerprint density at radius 3 is 1.95 bits per heavy atom. The highest BCUT2D eigenvalue weighted by Gasteiger charge is 2.42. The Morgan fingerprint density at radius 1 is 1.00 bits per heavy atom. The Hall–Kier alpha value is -0.530. The summed E-state index contributed by atoms with van der Waals surface area (Å²) in [5, 5.41) is 0. The van der Waals surface area contributed by atoms with Crippen LogP contribution in [0.15, 0.2) is 0 Å². The van der Waals surface area contributed by atoms with E-state index in [4.69, 9.17) is 4.74 Å². The predicted molar refractivity (Wildman–Crippen MR) is 80.1 cm³/mol. The summed E-state index contributed by atoms with van der Waals surface area (Å²) >= 11 is 0. The molecule has 0 bridgehead atoms. The second-order valence-corrected chi connectivity index (χ2v) is 6.73. The van der Waals surface area contributed by atoms with Crippen molar-refractivity contribution in [3.8, 4) is 0 Å². The Labute approximate surface area is 119 Å². The normalized spacial score (nSPS) is 18.4. The number of ether oxygens (including phenoxy) is 1. The van der Waals surface area contributed by atoms with E-state index in [0.717, 1.165) is 19.3 Å². The van der Waals surface area contributed by atoms with Crippen LogP contribution in [-0.4, -0.2) is 11.6 Å². The van der Waals surface area contributed by atoms with Crippen LogP contribution in [0.4, 0.5) is 0 Å². The first kappa shape index (κ1) is 16.5. The third-order valence-corrected chi connectivity index (χ3v) is 5.28. The van der Waals surface area contributed by atoms with Crippen molar-refractivity contribution in [3.05, 3.63) is 0 Å². The SMILES string of the molecule is CCC(C)(C)C(=O)OC(CC)(CC)C1CCCCC1. The van der Waals surface area contributed by atoms with Crippen molar-refractivity contribution in [2.24, 2.45) is 11.3 Å². The molecule has 1 rings (SSSR count). The lowest BCUT2D eigenvalue weighted by Crippen LogP contribution is -2.45. The summed E-state index contributed by atoms with van der Waals surface area (Å²) in [6, 6.07) is 0. The number of hydrogen-bond acceptors (Lipinski definition) is 2. The van der Waals surface area contributed by atoms with Gasteiger partial charge in [0.15, 0.2) is 0 Å². The maximum Gasteiger partial charge on any atom is 0.312 e. The quantitative estimate of drug-likeness (QED) is 0.626. The number of carbonyl (C=O) groups is 1. The molecule has 0 N–H and O–H groups in total. The second-order valence-electron chi connectivity index (χ2n) is 6.73. The number of rotatable bonds is 6. The van der Waals surface area contributed by atoms with E-state index in [1.54, 1.807) is 0 Å². The molecular weight excluding hydrogens is 236 g/mol. The van der Waals surface area contributed by atoms with E-state index in [9.17, 15) is 4.79 Å². The van der Waals surface area contributed by atoms with Gasteiger partial charge in [0.2, 0.25) is 0 Å². The van der Waals surface area contributed by atoms with Crippen molar-refractivity contribution in [2.45, 2.75) is 91.6 Å². The summed E-state index contributed by atoms with van der Waals surface area (Å²) in [4.78, 5) is 12.4. The molecule has 2 heteroatoms. The lowest BCUT2D eigenvalue weighted by Gasteiger charge is -2.42.